The number of phosphoric acid groups is 1. The lowest BCUT2D eigenvalue weighted by molar-refractivity contribution is -0.174. The van der Waals surface area contributed by atoms with Gasteiger partial charge in [-0.25, -0.2) is 8.96 Å². The molecule has 0 amide bonds. The summed E-state index contributed by atoms with van der Waals surface area (Å²) in [6.07, 6.45) is 0.776. The van der Waals surface area contributed by atoms with E-state index in [1.165, 1.54) is 10.8 Å². The summed E-state index contributed by atoms with van der Waals surface area (Å²) in [6, 6.07) is 0. The van der Waals surface area contributed by atoms with Crippen molar-refractivity contribution in [2.75, 3.05) is 6.61 Å². The average molecular weight is 340 g/mol. The predicted molar refractivity (Wildman–Crippen MR) is 71.8 cm³/mol. The molecule has 11 heteroatoms. The number of nitrogens with one attached hydrogen (secondary N) is 1. The molecule has 0 aliphatic carbocycles. The van der Waals surface area contributed by atoms with Crippen molar-refractivity contribution in [1.82, 2.24) is 9.55 Å². The number of aryl methyl sites for hydroxylation is 1. The van der Waals surface area contributed by atoms with Crippen LogP contribution in [-0.4, -0.2) is 31.8 Å². The molecule has 0 aromatic carbocycles. The SMILES string of the molecule is Cc1cn([C@H]2CC[C@@](F)(COP(=O)(O)O)O2)c(=S)[nH]c1=O. The zero-order valence-corrected chi connectivity index (χ0v) is 12.7. The molecule has 1 aromatic rings. The Kier molecular flexibility index (Phi) is 4.48. The van der Waals surface area contributed by atoms with Gasteiger partial charge in [-0.3, -0.25) is 18.9 Å². The number of ether oxygens (including phenoxy) is 1. The van der Waals surface area contributed by atoms with Crippen LogP contribution < -0.4 is 5.56 Å². The Bertz CT molecular complexity index is 700. The molecule has 2 rings (SSSR count). The molecule has 1 aliphatic heterocycles. The maximum Gasteiger partial charge on any atom is 0.469 e. The van der Waals surface area contributed by atoms with Crippen LogP contribution in [0.15, 0.2) is 11.0 Å². The normalized spacial score (nSPS) is 26.2. The Hall–Kier alpha value is -0.900. The lowest BCUT2D eigenvalue weighted by Gasteiger charge is -2.22. The molecular formula is C10H14FN2O6PS. The smallest absolute Gasteiger partial charge is 0.320 e. The highest BCUT2D eigenvalue weighted by Gasteiger charge is 2.43. The zero-order valence-electron chi connectivity index (χ0n) is 11.0. The van der Waals surface area contributed by atoms with E-state index in [2.05, 4.69) is 9.51 Å². The van der Waals surface area contributed by atoms with Gasteiger partial charge >= 0.3 is 7.82 Å². The standard InChI is InChI=1S/C10H14FN2O6PS/c1-6-4-13(9(21)12-8(6)14)7-2-3-10(11,19-7)5-18-20(15,16)17/h4,7H,2-3,5H2,1H3,(H,12,14,21)(H2,15,16,17)/t7-,10+/m1/s1. The number of hydrogen-bond donors (Lipinski definition) is 3. The van der Waals surface area contributed by atoms with E-state index in [9.17, 15) is 13.8 Å². The van der Waals surface area contributed by atoms with Crippen molar-refractivity contribution in [2.45, 2.75) is 31.8 Å². The fourth-order valence-electron chi connectivity index (χ4n) is 1.98. The van der Waals surface area contributed by atoms with Crippen LogP contribution in [0.4, 0.5) is 4.39 Å². The molecule has 118 valence electrons. The van der Waals surface area contributed by atoms with Crippen LogP contribution in [0.3, 0.4) is 0 Å². The summed E-state index contributed by atoms with van der Waals surface area (Å²) in [4.78, 5) is 31.0. The van der Waals surface area contributed by atoms with E-state index in [0.29, 0.717) is 5.56 Å². The first kappa shape index (κ1) is 16.5. The van der Waals surface area contributed by atoms with Crippen molar-refractivity contribution < 1.29 is 28.0 Å². The molecule has 2 heterocycles. The molecule has 1 saturated heterocycles. The fraction of sp³-hybridized carbons (Fsp3) is 0.600. The third-order valence-electron chi connectivity index (χ3n) is 3.02. The predicted octanol–water partition coefficient (Wildman–Crippen LogP) is 1.30. The molecular weight excluding hydrogens is 326 g/mol. The third-order valence-corrected chi connectivity index (χ3v) is 3.79. The van der Waals surface area contributed by atoms with Gasteiger partial charge in [0.25, 0.3) is 5.56 Å². The number of halogens is 1. The lowest BCUT2D eigenvalue weighted by atomic mass is 10.2. The maximum atomic E-state index is 14.3. The molecule has 0 bridgehead atoms. The summed E-state index contributed by atoms with van der Waals surface area (Å²) in [6.45, 7) is 0.683. The van der Waals surface area contributed by atoms with Crippen molar-refractivity contribution >= 4 is 20.0 Å². The number of H-pyrrole nitrogens is 1. The number of phosphoric ester groups is 1. The second kappa shape index (κ2) is 5.71. The second-order valence-electron chi connectivity index (χ2n) is 4.74. The first-order valence-electron chi connectivity index (χ1n) is 5.98. The highest BCUT2D eigenvalue weighted by molar-refractivity contribution is 7.71. The van der Waals surface area contributed by atoms with E-state index in [1.54, 1.807) is 6.92 Å². The van der Waals surface area contributed by atoms with Gasteiger partial charge in [0.1, 0.15) is 12.8 Å². The van der Waals surface area contributed by atoms with E-state index in [1.807, 2.05) is 0 Å². The van der Waals surface area contributed by atoms with Gasteiger partial charge in [0, 0.05) is 18.2 Å². The van der Waals surface area contributed by atoms with Crippen LogP contribution in [-0.2, 0) is 13.8 Å². The van der Waals surface area contributed by atoms with Crippen LogP contribution in [0.2, 0.25) is 0 Å². The summed E-state index contributed by atoms with van der Waals surface area (Å²) in [5, 5.41) is 0. The zero-order chi connectivity index (χ0) is 15.8. The molecule has 0 radical (unpaired) electrons. The Labute approximate surface area is 123 Å². The summed E-state index contributed by atoms with van der Waals surface area (Å²) in [5.41, 5.74) is 0.0422. The number of aromatic nitrogens is 2. The Morgan fingerprint density at radius 1 is 1.71 bits per heavy atom. The van der Waals surface area contributed by atoms with E-state index in [-0.39, 0.29) is 23.2 Å². The number of aromatic amines is 1. The highest BCUT2D eigenvalue weighted by Crippen LogP contribution is 2.43. The maximum absolute atomic E-state index is 14.3. The van der Waals surface area contributed by atoms with Gasteiger partial charge < -0.3 is 14.5 Å². The molecule has 1 aliphatic rings. The first-order chi connectivity index (χ1) is 9.60. The van der Waals surface area contributed by atoms with Crippen LogP contribution in [0.25, 0.3) is 0 Å². The second-order valence-corrected chi connectivity index (χ2v) is 6.36. The summed E-state index contributed by atoms with van der Waals surface area (Å²) < 4.78 is 35.7. The molecule has 0 unspecified atom stereocenters. The van der Waals surface area contributed by atoms with Crippen LogP contribution in [0.1, 0.15) is 24.6 Å². The highest BCUT2D eigenvalue weighted by atomic mass is 32.1. The molecule has 0 saturated carbocycles. The Balaban J connectivity index is 2.15. The van der Waals surface area contributed by atoms with Crippen molar-refractivity contribution in [3.05, 3.63) is 26.9 Å². The van der Waals surface area contributed by atoms with Gasteiger partial charge in [-0.15, -0.1) is 0 Å². The molecule has 2 atom stereocenters. The minimum absolute atomic E-state index is 0.0794. The van der Waals surface area contributed by atoms with Gasteiger partial charge in [0.2, 0.25) is 5.85 Å². The third kappa shape index (κ3) is 4.06. The summed E-state index contributed by atoms with van der Waals surface area (Å²) in [5.74, 6) is -2.31. The quantitative estimate of drug-likeness (QED) is 0.559. The van der Waals surface area contributed by atoms with Gasteiger partial charge in [-0.2, -0.15) is 0 Å². The molecule has 3 N–H and O–H groups in total. The van der Waals surface area contributed by atoms with Gasteiger partial charge in [0.15, 0.2) is 4.77 Å². The number of nitrogens with zero attached hydrogens (tertiary/aromatic N) is 1. The molecule has 1 fully saturated rings. The fourth-order valence-corrected chi connectivity index (χ4v) is 2.61. The summed E-state index contributed by atoms with van der Waals surface area (Å²) >= 11 is 4.98. The molecule has 0 spiro atoms. The average Bonchev–Trinajstić information content (AvgIpc) is 2.74. The molecule has 1 aromatic heterocycles. The van der Waals surface area contributed by atoms with Crippen molar-refractivity contribution in [2.24, 2.45) is 0 Å². The van der Waals surface area contributed by atoms with E-state index >= 15 is 0 Å². The Morgan fingerprint density at radius 2 is 2.38 bits per heavy atom. The van der Waals surface area contributed by atoms with Gasteiger partial charge in [-0.05, 0) is 25.6 Å². The number of rotatable bonds is 4. The van der Waals surface area contributed by atoms with E-state index in [4.69, 9.17) is 26.7 Å². The van der Waals surface area contributed by atoms with Crippen molar-refractivity contribution in [3.8, 4) is 0 Å². The molecule has 8 nitrogen and oxygen atoms in total. The van der Waals surface area contributed by atoms with E-state index in [0.717, 1.165) is 0 Å². The van der Waals surface area contributed by atoms with Crippen LogP contribution >= 0.6 is 20.0 Å². The Morgan fingerprint density at radius 3 is 3.00 bits per heavy atom. The molecule has 21 heavy (non-hydrogen) atoms. The first-order valence-corrected chi connectivity index (χ1v) is 7.92. The van der Waals surface area contributed by atoms with Crippen LogP contribution in [0.5, 0.6) is 0 Å². The number of hydrogen-bond acceptors (Lipinski definition) is 5. The van der Waals surface area contributed by atoms with Gasteiger partial charge in [0.05, 0.1) is 0 Å². The minimum Gasteiger partial charge on any atom is -0.320 e. The monoisotopic (exact) mass is 340 g/mol. The number of alkyl halides is 1. The van der Waals surface area contributed by atoms with Crippen molar-refractivity contribution in [3.63, 3.8) is 0 Å². The van der Waals surface area contributed by atoms with Gasteiger partial charge in [-0.1, -0.05) is 0 Å². The minimum atomic E-state index is -4.77. The van der Waals surface area contributed by atoms with Crippen LogP contribution in [0, 0.1) is 11.7 Å². The topological polar surface area (TPSA) is 114 Å². The largest absolute Gasteiger partial charge is 0.469 e. The van der Waals surface area contributed by atoms with E-state index < -0.39 is 26.5 Å². The lowest BCUT2D eigenvalue weighted by Crippen LogP contribution is -2.29. The van der Waals surface area contributed by atoms with Crippen molar-refractivity contribution in [1.29, 1.82) is 0 Å². The summed E-state index contributed by atoms with van der Waals surface area (Å²) in [7, 11) is -4.77.